The molecule has 0 atom stereocenters. The molecule has 0 aromatic carbocycles. The molecule has 0 spiro atoms. The lowest BCUT2D eigenvalue weighted by atomic mass is 10.5. The van der Waals surface area contributed by atoms with Crippen LogP contribution in [-0.4, -0.2) is 13.3 Å². The molecule has 0 radical (unpaired) electrons. The number of anilines is 1. The van der Waals surface area contributed by atoms with Crippen molar-refractivity contribution in [2.24, 2.45) is 0 Å². The summed E-state index contributed by atoms with van der Waals surface area (Å²) in [6.45, 7) is 0. The van der Waals surface area contributed by atoms with Gasteiger partial charge in [-0.2, -0.15) is 0 Å². The second-order valence-electron chi connectivity index (χ2n) is 1.57. The Kier molecular flexibility index (Phi) is 1.53. The van der Waals surface area contributed by atoms with Crippen LogP contribution >= 0.6 is 0 Å². The topological polar surface area (TPSA) is 42.2 Å². The van der Waals surface area contributed by atoms with Gasteiger partial charge in [-0.1, -0.05) is 0 Å². The lowest BCUT2D eigenvalue weighted by molar-refractivity contribution is 0.110. The third-order valence-electron chi connectivity index (χ3n) is 0.989. The summed E-state index contributed by atoms with van der Waals surface area (Å²) >= 11 is 0. The molecule has 3 nitrogen and oxygen atoms in total. The van der Waals surface area contributed by atoms with Crippen molar-refractivity contribution in [2.75, 3.05) is 12.4 Å². The maximum atomic E-state index is 10.0. The summed E-state index contributed by atoms with van der Waals surface area (Å²) in [5.74, 6) is 0.955. The highest BCUT2D eigenvalue weighted by Crippen LogP contribution is 2.09. The average molecular weight is 125 g/mol. The Balaban J connectivity index is 2.86. The molecule has 1 aromatic heterocycles. The SMILES string of the molecule is CNc1ccc(C=O)o1. The third kappa shape index (κ3) is 1.10. The maximum Gasteiger partial charge on any atom is 0.193 e. The molecule has 0 bridgehead atoms. The molecule has 0 aliphatic carbocycles. The molecule has 1 N–H and O–H groups in total. The Morgan fingerprint density at radius 1 is 1.67 bits per heavy atom. The highest BCUT2D eigenvalue weighted by atomic mass is 16.4. The summed E-state index contributed by atoms with van der Waals surface area (Å²) in [6, 6.07) is 3.31. The van der Waals surface area contributed by atoms with Gasteiger partial charge >= 0.3 is 0 Å². The highest BCUT2D eigenvalue weighted by Gasteiger charge is 1.95. The van der Waals surface area contributed by atoms with E-state index in [1.807, 2.05) is 0 Å². The lowest BCUT2D eigenvalue weighted by Crippen LogP contribution is -1.82. The largest absolute Gasteiger partial charge is 0.438 e. The molecule has 0 saturated heterocycles. The van der Waals surface area contributed by atoms with Gasteiger partial charge in [0, 0.05) is 13.1 Å². The van der Waals surface area contributed by atoms with Crippen LogP contribution in [0.4, 0.5) is 5.88 Å². The van der Waals surface area contributed by atoms with E-state index >= 15 is 0 Å². The lowest BCUT2D eigenvalue weighted by Gasteiger charge is -1.87. The van der Waals surface area contributed by atoms with E-state index < -0.39 is 0 Å². The summed E-state index contributed by atoms with van der Waals surface area (Å²) in [7, 11) is 1.73. The molecule has 1 rings (SSSR count). The summed E-state index contributed by atoms with van der Waals surface area (Å²) in [5, 5.41) is 2.76. The van der Waals surface area contributed by atoms with Gasteiger partial charge in [-0.25, -0.2) is 0 Å². The van der Waals surface area contributed by atoms with Crippen LogP contribution in [0, 0.1) is 0 Å². The van der Waals surface area contributed by atoms with Crippen LogP contribution in [0.1, 0.15) is 10.6 Å². The average Bonchev–Trinajstić information content (AvgIpc) is 2.34. The number of aldehydes is 1. The fourth-order valence-electron chi connectivity index (χ4n) is 0.551. The van der Waals surface area contributed by atoms with Crippen molar-refractivity contribution in [1.82, 2.24) is 0 Å². The zero-order valence-corrected chi connectivity index (χ0v) is 5.05. The Hall–Kier alpha value is -1.25. The molecule has 9 heavy (non-hydrogen) atoms. The van der Waals surface area contributed by atoms with Gasteiger partial charge < -0.3 is 9.73 Å². The summed E-state index contributed by atoms with van der Waals surface area (Å²) in [5.41, 5.74) is 0. The molecule has 0 unspecified atom stereocenters. The van der Waals surface area contributed by atoms with Crippen molar-refractivity contribution in [1.29, 1.82) is 0 Å². The van der Waals surface area contributed by atoms with Gasteiger partial charge in [0.05, 0.1) is 0 Å². The van der Waals surface area contributed by atoms with Crippen molar-refractivity contribution in [2.45, 2.75) is 0 Å². The minimum absolute atomic E-state index is 0.347. The van der Waals surface area contributed by atoms with Crippen molar-refractivity contribution in [3.05, 3.63) is 17.9 Å². The van der Waals surface area contributed by atoms with E-state index in [-0.39, 0.29) is 0 Å². The molecule has 0 amide bonds. The summed E-state index contributed by atoms with van der Waals surface area (Å²) in [4.78, 5) is 10.0. The van der Waals surface area contributed by atoms with Gasteiger partial charge in [0.1, 0.15) is 0 Å². The number of hydrogen-bond acceptors (Lipinski definition) is 3. The van der Waals surface area contributed by atoms with E-state index in [0.29, 0.717) is 17.9 Å². The van der Waals surface area contributed by atoms with Crippen LogP contribution in [-0.2, 0) is 0 Å². The van der Waals surface area contributed by atoms with Crippen LogP contribution in [0.15, 0.2) is 16.5 Å². The number of carbonyl (C=O) groups is 1. The third-order valence-corrected chi connectivity index (χ3v) is 0.989. The van der Waals surface area contributed by atoms with Gasteiger partial charge in [0.25, 0.3) is 0 Å². The molecule has 1 aromatic rings. The maximum absolute atomic E-state index is 10.0. The number of carbonyl (C=O) groups excluding carboxylic acids is 1. The quantitative estimate of drug-likeness (QED) is 0.602. The fraction of sp³-hybridized carbons (Fsp3) is 0.167. The predicted octanol–water partition coefficient (Wildman–Crippen LogP) is 1.13. The van der Waals surface area contributed by atoms with E-state index in [1.165, 1.54) is 0 Å². The molecule has 48 valence electrons. The Morgan fingerprint density at radius 3 is 2.78 bits per heavy atom. The van der Waals surface area contributed by atoms with Crippen LogP contribution in [0.3, 0.4) is 0 Å². The highest BCUT2D eigenvalue weighted by molar-refractivity contribution is 5.71. The van der Waals surface area contributed by atoms with Gasteiger partial charge in [-0.15, -0.1) is 0 Å². The number of rotatable bonds is 2. The van der Waals surface area contributed by atoms with E-state index in [0.717, 1.165) is 0 Å². The summed E-state index contributed by atoms with van der Waals surface area (Å²) in [6.07, 6.45) is 0.668. The predicted molar refractivity (Wildman–Crippen MR) is 33.6 cm³/mol. The van der Waals surface area contributed by atoms with Crippen molar-refractivity contribution in [3.63, 3.8) is 0 Å². The molecule has 1 heterocycles. The zero-order valence-electron chi connectivity index (χ0n) is 5.05. The molecule has 0 aliphatic heterocycles. The van der Waals surface area contributed by atoms with E-state index in [1.54, 1.807) is 19.2 Å². The zero-order chi connectivity index (χ0) is 6.69. The van der Waals surface area contributed by atoms with Gasteiger partial charge in [-0.3, -0.25) is 4.79 Å². The van der Waals surface area contributed by atoms with Crippen LogP contribution in [0.2, 0.25) is 0 Å². The first-order valence-electron chi connectivity index (χ1n) is 2.59. The molecule has 0 aliphatic rings. The van der Waals surface area contributed by atoms with Gasteiger partial charge in [-0.05, 0) is 6.07 Å². The molecule has 0 fully saturated rings. The fourth-order valence-corrected chi connectivity index (χ4v) is 0.551. The molecule has 0 saturated carbocycles. The number of hydrogen-bond donors (Lipinski definition) is 1. The van der Waals surface area contributed by atoms with Crippen LogP contribution < -0.4 is 5.32 Å². The van der Waals surface area contributed by atoms with E-state index in [4.69, 9.17) is 4.42 Å². The minimum Gasteiger partial charge on any atom is -0.438 e. The Labute approximate surface area is 52.7 Å². The van der Waals surface area contributed by atoms with E-state index in [9.17, 15) is 4.79 Å². The van der Waals surface area contributed by atoms with Crippen molar-refractivity contribution >= 4 is 12.2 Å². The molecule has 3 heteroatoms. The van der Waals surface area contributed by atoms with Crippen LogP contribution in [0.5, 0.6) is 0 Å². The second-order valence-corrected chi connectivity index (χ2v) is 1.57. The Bertz CT molecular complexity index is 205. The number of furan rings is 1. The standard InChI is InChI=1S/C6H7NO2/c1-7-6-3-2-5(4-8)9-6/h2-4,7H,1H3. The smallest absolute Gasteiger partial charge is 0.193 e. The number of nitrogens with one attached hydrogen (secondary N) is 1. The first-order valence-corrected chi connectivity index (χ1v) is 2.59. The Morgan fingerprint density at radius 2 is 2.44 bits per heavy atom. The molecular formula is C6H7NO2. The normalized spacial score (nSPS) is 9.00. The van der Waals surface area contributed by atoms with Gasteiger partial charge in [0.15, 0.2) is 17.9 Å². The first kappa shape index (κ1) is 5.88. The second kappa shape index (κ2) is 2.35. The monoisotopic (exact) mass is 125 g/mol. The molecular weight excluding hydrogens is 118 g/mol. The minimum atomic E-state index is 0.347. The van der Waals surface area contributed by atoms with Crippen molar-refractivity contribution in [3.8, 4) is 0 Å². The summed E-state index contributed by atoms with van der Waals surface area (Å²) < 4.78 is 4.90. The van der Waals surface area contributed by atoms with Gasteiger partial charge in [0.2, 0.25) is 0 Å². The van der Waals surface area contributed by atoms with E-state index in [2.05, 4.69) is 5.32 Å². The van der Waals surface area contributed by atoms with Crippen LogP contribution in [0.25, 0.3) is 0 Å². The first-order chi connectivity index (χ1) is 4.36. The van der Waals surface area contributed by atoms with Crippen molar-refractivity contribution < 1.29 is 9.21 Å².